The van der Waals surface area contributed by atoms with Crippen LogP contribution in [0.5, 0.6) is 0 Å². The van der Waals surface area contributed by atoms with Crippen LogP contribution in [0.4, 0.5) is 19.0 Å². The second-order valence-electron chi connectivity index (χ2n) is 3.59. The van der Waals surface area contributed by atoms with Crippen molar-refractivity contribution in [3.8, 4) is 0 Å². The van der Waals surface area contributed by atoms with Gasteiger partial charge < -0.3 is 16.2 Å². The molecule has 0 radical (unpaired) electrons. The normalized spacial score (nSPS) is 12.5. The van der Waals surface area contributed by atoms with E-state index in [1.165, 1.54) is 24.0 Å². The van der Waals surface area contributed by atoms with Crippen molar-refractivity contribution in [2.75, 3.05) is 24.2 Å². The Hall–Kier alpha value is -1.55. The van der Waals surface area contributed by atoms with Crippen molar-refractivity contribution in [2.24, 2.45) is 10.7 Å². The largest absolute Gasteiger partial charge is 0.408 e. The average Bonchev–Trinajstić information content (AvgIpc) is 2.36. The predicted octanol–water partition coefficient (Wildman–Crippen LogP) is 1.24. The van der Waals surface area contributed by atoms with Gasteiger partial charge in [-0.3, -0.25) is 0 Å². The number of hydrogen-bond acceptors (Lipinski definition) is 5. The molecule has 112 valence electrons. The molecule has 0 spiro atoms. The smallest absolute Gasteiger partial charge is 0.396 e. The van der Waals surface area contributed by atoms with Gasteiger partial charge in [0.2, 0.25) is 0 Å². The summed E-state index contributed by atoms with van der Waals surface area (Å²) in [6.45, 7) is -1.28. The number of nitrogens with zero attached hydrogens (tertiary/aromatic N) is 3. The first-order chi connectivity index (χ1) is 9.40. The summed E-state index contributed by atoms with van der Waals surface area (Å²) in [7, 11) is 0. The molecule has 1 aromatic heterocycles. The maximum atomic E-state index is 12.0. The number of aromatic nitrogens is 2. The first-order valence-electron chi connectivity index (χ1n) is 5.61. The lowest BCUT2D eigenvalue weighted by molar-refractivity contribution is -0.118. The van der Waals surface area contributed by atoms with Gasteiger partial charge in [0.15, 0.2) is 11.1 Å². The van der Waals surface area contributed by atoms with Gasteiger partial charge in [0.25, 0.3) is 0 Å². The van der Waals surface area contributed by atoms with Crippen molar-refractivity contribution in [2.45, 2.75) is 17.8 Å². The Morgan fingerprint density at radius 3 is 2.90 bits per heavy atom. The Labute approximate surface area is 117 Å². The molecule has 0 bridgehead atoms. The van der Waals surface area contributed by atoms with Crippen LogP contribution < -0.4 is 11.1 Å². The van der Waals surface area contributed by atoms with E-state index >= 15 is 0 Å². The molecule has 10 heteroatoms. The van der Waals surface area contributed by atoms with Crippen LogP contribution >= 0.6 is 11.8 Å². The van der Waals surface area contributed by atoms with Crippen LogP contribution in [-0.2, 0) is 0 Å². The Morgan fingerprint density at radius 1 is 1.50 bits per heavy atom. The zero-order valence-corrected chi connectivity index (χ0v) is 11.2. The molecule has 0 aromatic carbocycles. The van der Waals surface area contributed by atoms with Crippen LogP contribution in [0.15, 0.2) is 22.4 Å². The molecule has 4 N–H and O–H groups in total. The monoisotopic (exact) mass is 309 g/mol. The van der Waals surface area contributed by atoms with E-state index in [4.69, 9.17) is 10.8 Å². The minimum Gasteiger partial charge on any atom is -0.396 e. The number of aliphatic hydroxyl groups is 1. The minimum atomic E-state index is -4.40. The van der Waals surface area contributed by atoms with Crippen molar-refractivity contribution in [3.05, 3.63) is 12.3 Å². The van der Waals surface area contributed by atoms with Crippen LogP contribution in [-0.4, -0.2) is 46.1 Å². The van der Waals surface area contributed by atoms with Crippen molar-refractivity contribution < 1.29 is 18.3 Å². The minimum absolute atomic E-state index is 0.0714. The van der Waals surface area contributed by atoms with Crippen LogP contribution in [0.2, 0.25) is 0 Å². The highest BCUT2D eigenvalue weighted by atomic mass is 32.2. The summed E-state index contributed by atoms with van der Waals surface area (Å²) >= 11 is 1.32. The fourth-order valence-corrected chi connectivity index (χ4v) is 1.81. The number of thioether (sulfide) groups is 1. The maximum absolute atomic E-state index is 12.0. The van der Waals surface area contributed by atoms with E-state index < -0.39 is 12.7 Å². The second-order valence-corrected chi connectivity index (χ2v) is 4.65. The van der Waals surface area contributed by atoms with Crippen LogP contribution in [0.3, 0.4) is 0 Å². The average molecular weight is 309 g/mol. The third-order valence-electron chi connectivity index (χ3n) is 1.85. The van der Waals surface area contributed by atoms with Gasteiger partial charge in [-0.05, 0) is 12.5 Å². The molecule has 0 saturated carbocycles. The lowest BCUT2D eigenvalue weighted by Crippen LogP contribution is -2.26. The van der Waals surface area contributed by atoms with Crippen molar-refractivity contribution in [3.63, 3.8) is 0 Å². The highest BCUT2D eigenvalue weighted by molar-refractivity contribution is 7.99. The number of alkyl halides is 3. The number of aliphatic imine (C=N–C) groups is 1. The number of anilines is 1. The number of guanidine groups is 1. The van der Waals surface area contributed by atoms with Gasteiger partial charge in [0.05, 0.1) is 0 Å². The molecule has 0 aliphatic carbocycles. The molecule has 0 aliphatic heterocycles. The Balaban J connectivity index is 2.57. The Kier molecular flexibility index (Phi) is 6.52. The van der Waals surface area contributed by atoms with Crippen molar-refractivity contribution in [1.29, 1.82) is 0 Å². The fourth-order valence-electron chi connectivity index (χ4n) is 1.05. The predicted molar refractivity (Wildman–Crippen MR) is 70.6 cm³/mol. The third-order valence-corrected chi connectivity index (χ3v) is 2.80. The maximum Gasteiger partial charge on any atom is 0.408 e. The number of halogens is 3. The number of hydrogen-bond donors (Lipinski definition) is 3. The molecule has 1 heterocycles. The summed E-state index contributed by atoms with van der Waals surface area (Å²) in [6.07, 6.45) is -2.35. The number of aliphatic hydroxyl groups excluding tert-OH is 1. The summed E-state index contributed by atoms with van der Waals surface area (Å²) in [5, 5.41) is 11.5. The molecule has 6 nitrogen and oxygen atoms in total. The molecule has 0 saturated heterocycles. The fraction of sp³-hybridized carbons (Fsp3) is 0.500. The van der Waals surface area contributed by atoms with Gasteiger partial charge in [0.1, 0.15) is 12.4 Å². The lowest BCUT2D eigenvalue weighted by Gasteiger charge is -2.07. The Bertz CT molecular complexity index is 455. The number of rotatable bonds is 6. The first kappa shape index (κ1) is 16.5. The highest BCUT2D eigenvalue weighted by Crippen LogP contribution is 2.16. The molecule has 0 amide bonds. The zero-order chi connectivity index (χ0) is 15.0. The second kappa shape index (κ2) is 7.90. The van der Waals surface area contributed by atoms with E-state index in [1.807, 2.05) is 0 Å². The third kappa shape index (κ3) is 7.14. The lowest BCUT2D eigenvalue weighted by atomic mass is 10.5. The van der Waals surface area contributed by atoms with E-state index in [2.05, 4.69) is 20.3 Å². The van der Waals surface area contributed by atoms with E-state index in [-0.39, 0.29) is 18.4 Å². The van der Waals surface area contributed by atoms with Gasteiger partial charge in [-0.25, -0.2) is 15.0 Å². The summed E-state index contributed by atoms with van der Waals surface area (Å²) in [5.74, 6) is 0.527. The first-order valence-corrected chi connectivity index (χ1v) is 6.59. The SMILES string of the molecule is NC(=NCC(F)(F)F)Nc1ccnc(SCCCO)n1. The molecule has 0 aliphatic rings. The van der Waals surface area contributed by atoms with E-state index in [0.717, 1.165) is 0 Å². The van der Waals surface area contributed by atoms with Crippen LogP contribution in [0.1, 0.15) is 6.42 Å². The molecule has 0 atom stereocenters. The van der Waals surface area contributed by atoms with Crippen LogP contribution in [0, 0.1) is 0 Å². The summed E-state index contributed by atoms with van der Waals surface area (Å²) in [6, 6.07) is 1.46. The topological polar surface area (TPSA) is 96.4 Å². The van der Waals surface area contributed by atoms with E-state index in [9.17, 15) is 13.2 Å². The molecular weight excluding hydrogens is 295 g/mol. The molecular formula is C10H14F3N5OS. The molecule has 20 heavy (non-hydrogen) atoms. The highest BCUT2D eigenvalue weighted by Gasteiger charge is 2.26. The standard InChI is InChI=1S/C10H14F3N5OS/c11-10(12,13)6-16-8(14)17-7-2-3-15-9(18-7)20-5-1-4-19/h2-3,19H,1,4-6H2,(H3,14,15,16,17,18). The molecule has 0 fully saturated rings. The van der Waals surface area contributed by atoms with Crippen molar-refractivity contribution >= 4 is 23.5 Å². The van der Waals surface area contributed by atoms with Crippen LogP contribution in [0.25, 0.3) is 0 Å². The quantitative estimate of drug-likeness (QED) is 0.240. The summed E-state index contributed by atoms with van der Waals surface area (Å²) in [4.78, 5) is 11.2. The van der Waals surface area contributed by atoms with E-state index in [0.29, 0.717) is 17.3 Å². The van der Waals surface area contributed by atoms with Gasteiger partial charge in [-0.2, -0.15) is 13.2 Å². The van der Waals surface area contributed by atoms with Gasteiger partial charge in [0, 0.05) is 18.6 Å². The number of nitrogens with one attached hydrogen (secondary N) is 1. The molecule has 0 unspecified atom stereocenters. The van der Waals surface area contributed by atoms with Gasteiger partial charge in [-0.15, -0.1) is 0 Å². The van der Waals surface area contributed by atoms with Gasteiger partial charge >= 0.3 is 6.18 Å². The molecule has 1 aromatic rings. The number of nitrogens with two attached hydrogens (primary N) is 1. The van der Waals surface area contributed by atoms with Gasteiger partial charge in [-0.1, -0.05) is 11.8 Å². The zero-order valence-electron chi connectivity index (χ0n) is 10.4. The summed E-state index contributed by atoms with van der Waals surface area (Å²) in [5.41, 5.74) is 5.32. The Morgan fingerprint density at radius 2 is 2.25 bits per heavy atom. The van der Waals surface area contributed by atoms with E-state index in [1.54, 1.807) is 0 Å². The molecule has 1 rings (SSSR count). The van der Waals surface area contributed by atoms with Crippen molar-refractivity contribution in [1.82, 2.24) is 9.97 Å². The summed E-state index contributed by atoms with van der Waals surface area (Å²) < 4.78 is 35.9.